The van der Waals surface area contributed by atoms with Crippen molar-refractivity contribution < 1.29 is 9.53 Å². The molecule has 1 N–H and O–H groups in total. The summed E-state index contributed by atoms with van der Waals surface area (Å²) < 4.78 is 5.27. The highest BCUT2D eigenvalue weighted by molar-refractivity contribution is 9.10. The Balaban J connectivity index is 2.30. The van der Waals surface area contributed by atoms with Gasteiger partial charge in [-0.3, -0.25) is 4.79 Å². The maximum atomic E-state index is 11.7. The molecule has 0 aliphatic carbocycles. The number of amides is 1. The second kappa shape index (κ2) is 6.58. The maximum Gasteiger partial charge on any atom is 0.239 e. The first-order valence-corrected chi connectivity index (χ1v) is 8.23. The van der Waals surface area contributed by atoms with Gasteiger partial charge in [0.1, 0.15) is 5.75 Å². The van der Waals surface area contributed by atoms with E-state index in [1.165, 1.54) is 11.3 Å². The summed E-state index contributed by atoms with van der Waals surface area (Å²) in [5.74, 6) is 0.759. The Labute approximate surface area is 136 Å². The minimum atomic E-state index is -0.242. The highest BCUT2D eigenvalue weighted by Crippen LogP contribution is 2.32. The minimum Gasteiger partial charge on any atom is -0.496 e. The largest absolute Gasteiger partial charge is 0.496 e. The number of ether oxygens (including phenoxy) is 1. The van der Waals surface area contributed by atoms with E-state index in [1.54, 1.807) is 14.0 Å². The van der Waals surface area contributed by atoms with Crippen LogP contribution in [0.2, 0.25) is 0 Å². The molecule has 1 aromatic carbocycles. The molecular weight excluding hydrogens is 352 g/mol. The van der Waals surface area contributed by atoms with Crippen LogP contribution in [0, 0.1) is 13.8 Å². The number of alkyl halides is 1. The van der Waals surface area contributed by atoms with E-state index >= 15 is 0 Å². The summed E-state index contributed by atoms with van der Waals surface area (Å²) >= 11 is 4.72. The predicted octanol–water partition coefficient (Wildman–Crippen LogP) is 4.16. The molecule has 0 saturated carbocycles. The average molecular weight is 369 g/mol. The molecule has 21 heavy (non-hydrogen) atoms. The predicted molar refractivity (Wildman–Crippen MR) is 90.6 cm³/mol. The second-order valence-corrected chi connectivity index (χ2v) is 7.29. The third-order valence-corrected chi connectivity index (χ3v) is 4.36. The smallest absolute Gasteiger partial charge is 0.239 e. The van der Waals surface area contributed by atoms with Gasteiger partial charge in [-0.25, -0.2) is 4.98 Å². The van der Waals surface area contributed by atoms with Crippen molar-refractivity contribution in [3.63, 3.8) is 0 Å². The lowest BCUT2D eigenvalue weighted by Gasteiger charge is -2.06. The van der Waals surface area contributed by atoms with E-state index in [9.17, 15) is 4.79 Å². The monoisotopic (exact) mass is 368 g/mol. The number of carbonyl (C=O) groups is 1. The van der Waals surface area contributed by atoms with Crippen LogP contribution >= 0.6 is 27.3 Å². The Hall–Kier alpha value is -1.40. The number of methoxy groups -OCH3 is 1. The molecule has 0 bridgehead atoms. The third-order valence-electron chi connectivity index (χ3n) is 3.06. The van der Waals surface area contributed by atoms with Crippen molar-refractivity contribution in [3.8, 4) is 17.0 Å². The van der Waals surface area contributed by atoms with E-state index in [0.717, 1.165) is 27.4 Å². The zero-order valence-electron chi connectivity index (χ0n) is 12.4. The van der Waals surface area contributed by atoms with Gasteiger partial charge in [-0.15, -0.1) is 11.3 Å². The van der Waals surface area contributed by atoms with Crippen LogP contribution in [-0.2, 0) is 4.79 Å². The van der Waals surface area contributed by atoms with Gasteiger partial charge in [0, 0.05) is 10.4 Å². The highest BCUT2D eigenvalue weighted by atomic mass is 79.9. The molecule has 2 aromatic rings. The summed E-state index contributed by atoms with van der Waals surface area (Å²) in [6.07, 6.45) is 0. The molecule has 0 radical (unpaired) electrons. The molecule has 1 amide bonds. The third kappa shape index (κ3) is 3.63. The number of rotatable bonds is 4. The van der Waals surface area contributed by atoms with Crippen molar-refractivity contribution in [1.29, 1.82) is 0 Å². The fourth-order valence-corrected chi connectivity index (χ4v) is 2.90. The fourth-order valence-electron chi connectivity index (χ4n) is 1.95. The Morgan fingerprint density at radius 2 is 2.14 bits per heavy atom. The lowest BCUT2D eigenvalue weighted by Crippen LogP contribution is -2.19. The van der Waals surface area contributed by atoms with Gasteiger partial charge < -0.3 is 10.1 Å². The number of aromatic nitrogens is 1. The highest BCUT2D eigenvalue weighted by Gasteiger charge is 2.15. The van der Waals surface area contributed by atoms with Gasteiger partial charge in [-0.2, -0.15) is 0 Å². The molecule has 0 fully saturated rings. The Kier molecular flexibility index (Phi) is 5.00. The van der Waals surface area contributed by atoms with Crippen LogP contribution in [-0.4, -0.2) is 22.8 Å². The number of benzene rings is 1. The van der Waals surface area contributed by atoms with Crippen LogP contribution < -0.4 is 10.1 Å². The Morgan fingerprint density at radius 3 is 2.71 bits per heavy atom. The molecule has 112 valence electrons. The summed E-state index contributed by atoms with van der Waals surface area (Å²) in [5, 5.41) is 3.42. The number of aryl methyl sites for hydroxylation is 2. The normalized spacial score (nSPS) is 12.0. The van der Waals surface area contributed by atoms with Crippen LogP contribution in [0.4, 0.5) is 5.13 Å². The molecule has 2 rings (SSSR count). The van der Waals surface area contributed by atoms with Crippen LogP contribution in [0.5, 0.6) is 5.75 Å². The molecule has 0 aliphatic rings. The van der Waals surface area contributed by atoms with E-state index in [0.29, 0.717) is 5.13 Å². The first kappa shape index (κ1) is 16.0. The maximum absolute atomic E-state index is 11.7. The fraction of sp³-hybridized carbons (Fsp3) is 0.333. The van der Waals surface area contributed by atoms with Gasteiger partial charge in [0.05, 0.1) is 17.6 Å². The first-order valence-electron chi connectivity index (χ1n) is 6.49. The number of thiazole rings is 1. The molecule has 0 spiro atoms. The number of carbonyl (C=O) groups excluding carboxylic acids is 1. The topological polar surface area (TPSA) is 51.2 Å². The summed E-state index contributed by atoms with van der Waals surface area (Å²) in [5.41, 5.74) is 2.97. The number of nitrogens with one attached hydrogen (secondary N) is 1. The molecule has 4 nitrogen and oxygen atoms in total. The molecule has 1 heterocycles. The van der Waals surface area contributed by atoms with Crippen LogP contribution in [0.25, 0.3) is 11.3 Å². The quantitative estimate of drug-likeness (QED) is 0.824. The van der Waals surface area contributed by atoms with Gasteiger partial charge in [0.25, 0.3) is 0 Å². The lowest BCUT2D eigenvalue weighted by molar-refractivity contribution is -0.115. The zero-order valence-corrected chi connectivity index (χ0v) is 14.8. The molecule has 0 aliphatic heterocycles. The number of nitrogens with zero attached hydrogens (tertiary/aromatic N) is 1. The van der Waals surface area contributed by atoms with Crippen molar-refractivity contribution in [2.24, 2.45) is 0 Å². The average Bonchev–Trinajstić information content (AvgIpc) is 2.79. The summed E-state index contributed by atoms with van der Waals surface area (Å²) in [7, 11) is 1.66. The van der Waals surface area contributed by atoms with E-state index in [1.807, 2.05) is 32.0 Å². The van der Waals surface area contributed by atoms with E-state index in [4.69, 9.17) is 4.74 Å². The molecule has 6 heteroatoms. The molecule has 1 atom stereocenters. The first-order chi connectivity index (χ1) is 9.92. The van der Waals surface area contributed by atoms with Gasteiger partial charge in [0.2, 0.25) is 5.91 Å². The summed E-state index contributed by atoms with van der Waals surface area (Å²) in [6.45, 7) is 5.78. The zero-order chi connectivity index (χ0) is 15.6. The van der Waals surface area contributed by atoms with Crippen molar-refractivity contribution in [2.45, 2.75) is 25.6 Å². The summed E-state index contributed by atoms with van der Waals surface area (Å²) in [4.78, 5) is 17.0. The van der Waals surface area contributed by atoms with E-state index in [2.05, 4.69) is 26.2 Å². The Bertz CT molecular complexity index is 668. The van der Waals surface area contributed by atoms with Gasteiger partial charge in [-0.1, -0.05) is 15.9 Å². The van der Waals surface area contributed by atoms with E-state index in [-0.39, 0.29) is 10.7 Å². The molecule has 0 saturated heterocycles. The number of halogens is 1. The van der Waals surface area contributed by atoms with Crippen LogP contribution in [0.3, 0.4) is 0 Å². The van der Waals surface area contributed by atoms with Crippen molar-refractivity contribution in [3.05, 3.63) is 28.6 Å². The number of hydrogen-bond donors (Lipinski definition) is 1. The van der Waals surface area contributed by atoms with Gasteiger partial charge >= 0.3 is 0 Å². The van der Waals surface area contributed by atoms with Crippen molar-refractivity contribution in [2.75, 3.05) is 12.4 Å². The second-order valence-electron chi connectivity index (χ2n) is 4.71. The lowest BCUT2D eigenvalue weighted by atomic mass is 10.1. The van der Waals surface area contributed by atoms with Gasteiger partial charge in [0.15, 0.2) is 5.13 Å². The SMILES string of the molecule is COc1ccc(-c2nc(NC(=O)C(C)Br)sc2C)cc1C. The van der Waals surface area contributed by atoms with Crippen LogP contribution in [0.1, 0.15) is 17.4 Å². The van der Waals surface area contributed by atoms with Crippen molar-refractivity contribution in [1.82, 2.24) is 4.98 Å². The number of hydrogen-bond acceptors (Lipinski definition) is 4. The summed E-state index contributed by atoms with van der Waals surface area (Å²) in [6, 6.07) is 5.95. The van der Waals surface area contributed by atoms with E-state index < -0.39 is 0 Å². The standard InChI is InChI=1S/C15H17BrN2O2S/c1-8-7-11(5-6-12(8)20-4)13-10(3)21-15(17-13)18-14(19)9(2)16/h5-7,9H,1-4H3,(H,17,18,19). The van der Waals surface area contributed by atoms with Gasteiger partial charge in [-0.05, 0) is 44.5 Å². The number of anilines is 1. The molecule has 1 aromatic heterocycles. The minimum absolute atomic E-state index is 0.0961. The Morgan fingerprint density at radius 1 is 1.43 bits per heavy atom. The molecule has 1 unspecified atom stereocenters. The van der Waals surface area contributed by atoms with Crippen LogP contribution in [0.15, 0.2) is 18.2 Å². The molecular formula is C15H17BrN2O2S. The van der Waals surface area contributed by atoms with Crippen molar-refractivity contribution >= 4 is 38.3 Å².